The fourth-order valence-corrected chi connectivity index (χ4v) is 3.71. The van der Waals surface area contributed by atoms with E-state index in [4.69, 9.17) is 0 Å². The molecule has 0 aliphatic carbocycles. The van der Waals surface area contributed by atoms with E-state index in [1.807, 2.05) is 60.7 Å². The maximum atomic E-state index is 12.8. The lowest BCUT2D eigenvalue weighted by atomic mass is 10.1. The van der Waals surface area contributed by atoms with Crippen LogP contribution in [0.25, 0.3) is 10.8 Å². The first-order valence-electron chi connectivity index (χ1n) is 8.69. The lowest BCUT2D eigenvalue weighted by Crippen LogP contribution is -2.21. The summed E-state index contributed by atoms with van der Waals surface area (Å²) in [6, 6.07) is 27.3. The van der Waals surface area contributed by atoms with E-state index in [0.29, 0.717) is 11.4 Å². The maximum absolute atomic E-state index is 12.8. The van der Waals surface area contributed by atoms with Crippen LogP contribution in [0.15, 0.2) is 107 Å². The average molecular weight is 387 g/mol. The number of hydrogen-bond donors (Lipinski definition) is 1. The Morgan fingerprint density at radius 3 is 2.25 bits per heavy atom. The molecule has 0 unspecified atom stereocenters. The zero-order valence-corrected chi connectivity index (χ0v) is 15.7. The van der Waals surface area contributed by atoms with Crippen molar-refractivity contribution >= 4 is 26.5 Å². The second kappa shape index (κ2) is 7.62. The summed E-state index contributed by atoms with van der Waals surface area (Å²) in [4.78, 5) is 6.82. The number of nitrogens with one attached hydrogen (secondary N) is 1. The molecule has 0 radical (unpaired) electrons. The minimum atomic E-state index is -3.83. The van der Waals surface area contributed by atoms with Crippen LogP contribution in [0.4, 0.5) is 0 Å². The van der Waals surface area contributed by atoms with Crippen LogP contribution in [0.3, 0.4) is 0 Å². The van der Waals surface area contributed by atoms with Gasteiger partial charge in [-0.05, 0) is 35.0 Å². The third kappa shape index (κ3) is 3.77. The van der Waals surface area contributed by atoms with Crippen molar-refractivity contribution in [3.05, 3.63) is 108 Å². The van der Waals surface area contributed by atoms with Crippen molar-refractivity contribution < 1.29 is 8.42 Å². The third-order valence-corrected chi connectivity index (χ3v) is 5.47. The summed E-state index contributed by atoms with van der Waals surface area (Å²) >= 11 is 0. The molecule has 1 heterocycles. The largest absolute Gasteiger partial charge is 0.276 e. The lowest BCUT2D eigenvalue weighted by Gasteiger charge is -2.09. The molecule has 28 heavy (non-hydrogen) atoms. The van der Waals surface area contributed by atoms with Crippen molar-refractivity contribution in [1.82, 2.24) is 9.82 Å². The first kappa shape index (κ1) is 17.9. The fourth-order valence-electron chi connectivity index (χ4n) is 2.86. The van der Waals surface area contributed by atoms with E-state index in [1.165, 1.54) is 0 Å². The van der Waals surface area contributed by atoms with Crippen LogP contribution >= 0.6 is 0 Å². The summed E-state index contributed by atoms with van der Waals surface area (Å²) in [6.45, 7) is 0. The van der Waals surface area contributed by atoms with E-state index in [9.17, 15) is 8.42 Å². The Bertz CT molecular complexity index is 1200. The van der Waals surface area contributed by atoms with Crippen LogP contribution < -0.4 is 4.83 Å². The van der Waals surface area contributed by atoms with Gasteiger partial charge in [0.1, 0.15) is 5.71 Å². The molecule has 0 aliphatic rings. The van der Waals surface area contributed by atoms with E-state index in [0.717, 1.165) is 16.3 Å². The predicted octanol–water partition coefficient (Wildman–Crippen LogP) is 3.97. The number of fused-ring (bicyclic) bond motifs is 1. The maximum Gasteiger partial charge on any atom is 0.276 e. The smallest absolute Gasteiger partial charge is 0.255 e. The Morgan fingerprint density at radius 2 is 1.50 bits per heavy atom. The Hall–Kier alpha value is -3.51. The summed E-state index contributed by atoms with van der Waals surface area (Å²) in [5.41, 5.74) is 1.79. The molecule has 4 aromatic rings. The number of hydrazone groups is 1. The molecule has 0 aliphatic heterocycles. The SMILES string of the molecule is O=S(=O)(N/N=C(\c1ccccc1)c1ccccn1)c1ccc2ccccc2c1. The highest BCUT2D eigenvalue weighted by Crippen LogP contribution is 2.19. The molecule has 0 amide bonds. The summed E-state index contributed by atoms with van der Waals surface area (Å²) in [7, 11) is -3.83. The molecule has 138 valence electrons. The minimum Gasteiger partial charge on any atom is -0.255 e. The highest BCUT2D eigenvalue weighted by atomic mass is 32.2. The van der Waals surface area contributed by atoms with E-state index in [-0.39, 0.29) is 4.90 Å². The number of sulfonamides is 1. The molecule has 4 rings (SSSR count). The third-order valence-electron chi connectivity index (χ3n) is 4.26. The van der Waals surface area contributed by atoms with Gasteiger partial charge in [0, 0.05) is 11.8 Å². The van der Waals surface area contributed by atoms with Crippen molar-refractivity contribution in [3.63, 3.8) is 0 Å². The van der Waals surface area contributed by atoms with E-state index in [1.54, 1.807) is 36.5 Å². The molecular weight excluding hydrogens is 370 g/mol. The number of benzene rings is 3. The van der Waals surface area contributed by atoms with Crippen LogP contribution in [0, 0.1) is 0 Å². The highest BCUT2D eigenvalue weighted by molar-refractivity contribution is 7.89. The molecule has 6 heteroatoms. The van der Waals surface area contributed by atoms with Gasteiger partial charge >= 0.3 is 0 Å². The summed E-state index contributed by atoms with van der Waals surface area (Å²) in [5, 5.41) is 6.03. The lowest BCUT2D eigenvalue weighted by molar-refractivity contribution is 0.584. The van der Waals surface area contributed by atoms with Gasteiger partial charge in [-0.2, -0.15) is 18.4 Å². The summed E-state index contributed by atoms with van der Waals surface area (Å²) in [5.74, 6) is 0. The molecule has 1 aromatic heterocycles. The van der Waals surface area contributed by atoms with Gasteiger partial charge in [0.15, 0.2) is 0 Å². The monoisotopic (exact) mass is 387 g/mol. The number of pyridine rings is 1. The van der Waals surface area contributed by atoms with Crippen molar-refractivity contribution in [1.29, 1.82) is 0 Å². The van der Waals surface area contributed by atoms with Gasteiger partial charge in [-0.1, -0.05) is 66.7 Å². The zero-order chi connectivity index (χ0) is 19.4. The van der Waals surface area contributed by atoms with Crippen molar-refractivity contribution in [3.8, 4) is 0 Å². The van der Waals surface area contributed by atoms with Gasteiger partial charge < -0.3 is 0 Å². The van der Waals surface area contributed by atoms with Gasteiger partial charge in [-0.15, -0.1) is 0 Å². The molecule has 5 nitrogen and oxygen atoms in total. The van der Waals surface area contributed by atoms with Crippen LogP contribution in [0.1, 0.15) is 11.3 Å². The molecule has 1 N–H and O–H groups in total. The Morgan fingerprint density at radius 1 is 0.786 bits per heavy atom. The van der Waals surface area contributed by atoms with Crippen molar-refractivity contribution in [2.24, 2.45) is 5.10 Å². The summed E-state index contributed by atoms with van der Waals surface area (Å²) in [6.07, 6.45) is 1.64. The Kier molecular flexibility index (Phi) is 4.87. The van der Waals surface area contributed by atoms with Gasteiger partial charge in [0.2, 0.25) is 0 Å². The molecule has 0 bridgehead atoms. The normalized spacial score (nSPS) is 12.1. The average Bonchev–Trinajstić information content (AvgIpc) is 2.75. The van der Waals surface area contributed by atoms with Crippen molar-refractivity contribution in [2.75, 3.05) is 0 Å². The minimum absolute atomic E-state index is 0.156. The molecule has 0 saturated carbocycles. The van der Waals surface area contributed by atoms with Crippen LogP contribution in [-0.2, 0) is 10.0 Å². The fraction of sp³-hybridized carbons (Fsp3) is 0. The Balaban J connectivity index is 1.72. The van der Waals surface area contributed by atoms with E-state index in [2.05, 4.69) is 14.9 Å². The second-order valence-corrected chi connectivity index (χ2v) is 7.81. The summed E-state index contributed by atoms with van der Waals surface area (Å²) < 4.78 is 25.6. The van der Waals surface area contributed by atoms with Gasteiger partial charge in [0.25, 0.3) is 10.0 Å². The molecular formula is C22H17N3O2S. The van der Waals surface area contributed by atoms with Gasteiger partial charge in [-0.3, -0.25) is 4.98 Å². The predicted molar refractivity (Wildman–Crippen MR) is 111 cm³/mol. The highest BCUT2D eigenvalue weighted by Gasteiger charge is 2.15. The molecule has 0 fully saturated rings. The molecule has 0 saturated heterocycles. The van der Waals surface area contributed by atoms with E-state index < -0.39 is 10.0 Å². The Labute approximate surface area is 163 Å². The second-order valence-electron chi connectivity index (χ2n) is 6.15. The number of aromatic nitrogens is 1. The van der Waals surface area contributed by atoms with Gasteiger partial charge in [-0.25, -0.2) is 0 Å². The molecule has 0 spiro atoms. The van der Waals surface area contributed by atoms with Gasteiger partial charge in [0.05, 0.1) is 10.6 Å². The number of hydrogen-bond acceptors (Lipinski definition) is 4. The first-order chi connectivity index (χ1) is 13.6. The van der Waals surface area contributed by atoms with Crippen LogP contribution in [-0.4, -0.2) is 19.1 Å². The van der Waals surface area contributed by atoms with Crippen molar-refractivity contribution in [2.45, 2.75) is 4.90 Å². The van der Waals surface area contributed by atoms with E-state index >= 15 is 0 Å². The van der Waals surface area contributed by atoms with Crippen LogP contribution in [0.2, 0.25) is 0 Å². The topological polar surface area (TPSA) is 71.4 Å². The molecule has 3 aromatic carbocycles. The molecule has 0 atom stereocenters. The number of rotatable bonds is 5. The standard InChI is InChI=1S/C22H17N3O2S/c26-28(27,20-14-13-17-8-4-5-11-19(17)16-20)25-24-22(18-9-2-1-3-10-18)21-12-6-7-15-23-21/h1-16,25H/b24-22+. The zero-order valence-electron chi connectivity index (χ0n) is 14.9. The van der Waals surface area contributed by atoms with Crippen LogP contribution in [0.5, 0.6) is 0 Å². The first-order valence-corrected chi connectivity index (χ1v) is 10.2. The number of nitrogens with zero attached hydrogens (tertiary/aromatic N) is 2. The quantitative estimate of drug-likeness (QED) is 0.416.